The third-order valence-corrected chi connectivity index (χ3v) is 16.0. The zero-order valence-corrected chi connectivity index (χ0v) is 47.0. The van der Waals surface area contributed by atoms with Crippen molar-refractivity contribution < 1.29 is 71.4 Å². The number of nitrogens with zero attached hydrogens (tertiary/aromatic N) is 1. The van der Waals surface area contributed by atoms with Gasteiger partial charge in [0.1, 0.15) is 16.9 Å². The Morgan fingerprint density at radius 1 is 0.402 bits per heavy atom. The maximum Gasteiger partial charge on any atom is 0.416 e. The Hall–Kier alpha value is -11.1. The predicted molar refractivity (Wildman–Crippen MR) is 326 cm³/mol. The van der Waals surface area contributed by atoms with E-state index in [1.54, 1.807) is 12.1 Å². The van der Waals surface area contributed by atoms with Crippen molar-refractivity contribution in [2.45, 2.75) is 31.1 Å². The minimum Gasteiger partial charge on any atom is -0.455 e. The molecular formula is C73H39F12NO6. The van der Waals surface area contributed by atoms with Gasteiger partial charge in [0.05, 0.1) is 34.4 Å². The minimum atomic E-state index is -5.40. The van der Waals surface area contributed by atoms with Gasteiger partial charge in [0.2, 0.25) is 0 Å². The number of alkyl halides is 12. The molecule has 0 saturated carbocycles. The number of benzene rings is 11. The van der Waals surface area contributed by atoms with Gasteiger partial charge < -0.3 is 9.15 Å². The predicted octanol–water partition coefficient (Wildman–Crippen LogP) is 19.9. The molecule has 0 aliphatic heterocycles. The highest BCUT2D eigenvalue weighted by molar-refractivity contribution is 6.32. The second kappa shape index (κ2) is 22.4. The fourth-order valence-electron chi connectivity index (χ4n) is 11.8. The van der Waals surface area contributed by atoms with E-state index in [2.05, 4.69) is 0 Å². The second-order valence-corrected chi connectivity index (χ2v) is 21.8. The number of pyridine rings is 1. The molecule has 0 saturated heterocycles. The van der Waals surface area contributed by atoms with Gasteiger partial charge in [-0.1, -0.05) is 127 Å². The summed E-state index contributed by atoms with van der Waals surface area (Å²) in [6.45, 7) is 0. The molecule has 0 radical (unpaired) electrons. The summed E-state index contributed by atoms with van der Waals surface area (Å²) in [6, 6.07) is 50.7. The molecule has 0 N–H and O–H groups in total. The molecule has 0 aliphatic rings. The van der Waals surface area contributed by atoms with Crippen LogP contribution in [0.5, 0.6) is 5.75 Å². The number of carbonyl (C=O) groups excluding carboxylic acids is 2. The number of fused-ring (bicyclic) bond motifs is 2. The third-order valence-electron chi connectivity index (χ3n) is 16.0. The van der Waals surface area contributed by atoms with Crippen molar-refractivity contribution in [2.75, 3.05) is 0 Å². The van der Waals surface area contributed by atoms with Crippen molar-refractivity contribution in [3.8, 4) is 78.2 Å². The van der Waals surface area contributed by atoms with Crippen LogP contribution in [-0.2, 0) is 35.9 Å². The van der Waals surface area contributed by atoms with Crippen LogP contribution in [0.25, 0.3) is 116 Å². The Balaban J connectivity index is 0.960. The topological polar surface area (TPSA) is 95.6 Å². The van der Waals surface area contributed by atoms with Crippen LogP contribution >= 0.6 is 0 Å². The van der Waals surface area contributed by atoms with E-state index in [1.807, 2.05) is 109 Å². The first kappa shape index (κ1) is 59.9. The molecule has 0 amide bonds. The van der Waals surface area contributed by atoms with Gasteiger partial charge in [0.25, 0.3) is 11.1 Å². The zero-order chi connectivity index (χ0) is 64.8. The van der Waals surface area contributed by atoms with Gasteiger partial charge in [-0.2, -0.15) is 52.7 Å². The maximum absolute atomic E-state index is 15.2. The number of hydrogen-bond donors (Lipinski definition) is 0. The van der Waals surface area contributed by atoms with Crippen molar-refractivity contribution >= 4 is 55.7 Å². The van der Waals surface area contributed by atoms with Crippen LogP contribution < -0.4 is 15.9 Å². The first-order chi connectivity index (χ1) is 43.8. The fourth-order valence-corrected chi connectivity index (χ4v) is 11.8. The van der Waals surface area contributed by atoms with Gasteiger partial charge in [0, 0.05) is 43.4 Å². The van der Waals surface area contributed by atoms with Gasteiger partial charge in [-0.3, -0.25) is 19.2 Å². The summed E-state index contributed by atoms with van der Waals surface area (Å²) < 4.78 is 188. The van der Waals surface area contributed by atoms with Gasteiger partial charge in [-0.15, -0.1) is 0 Å². The lowest BCUT2D eigenvalue weighted by molar-refractivity contribution is -0.144. The number of ether oxygens (including phenoxy) is 1. The lowest BCUT2D eigenvalue weighted by Crippen LogP contribution is -2.32. The van der Waals surface area contributed by atoms with E-state index < -0.39 is 114 Å². The molecule has 2 aromatic heterocycles. The Labute approximate surface area is 511 Å². The van der Waals surface area contributed by atoms with E-state index in [0.29, 0.717) is 56.6 Å². The lowest BCUT2D eigenvalue weighted by Gasteiger charge is -2.21. The number of hydrogen-bond acceptors (Lipinski definition) is 6. The van der Waals surface area contributed by atoms with Gasteiger partial charge in [0.15, 0.2) is 6.29 Å². The highest BCUT2D eigenvalue weighted by Gasteiger charge is 2.40. The number of rotatable bonds is 11. The van der Waals surface area contributed by atoms with Gasteiger partial charge in [-0.05, 0) is 158 Å². The molecular weight excluding hydrogens is 1210 g/mol. The molecule has 92 heavy (non-hydrogen) atoms. The lowest BCUT2D eigenvalue weighted by atomic mass is 9.86. The molecule has 13 aromatic rings. The Morgan fingerprint density at radius 3 is 1.32 bits per heavy atom. The summed E-state index contributed by atoms with van der Waals surface area (Å²) in [4.78, 5) is 57.8. The van der Waals surface area contributed by atoms with Crippen LogP contribution in [-0.4, -0.2) is 16.8 Å². The monoisotopic (exact) mass is 1250 g/mol. The van der Waals surface area contributed by atoms with Gasteiger partial charge in [-0.25, -0.2) is 4.57 Å². The Kier molecular flexibility index (Phi) is 14.6. The number of carbonyl (C=O) groups is 2. The van der Waals surface area contributed by atoms with E-state index in [-0.39, 0.29) is 50.9 Å². The van der Waals surface area contributed by atoms with Crippen LogP contribution in [0.15, 0.2) is 232 Å². The number of aromatic nitrogens is 1. The van der Waals surface area contributed by atoms with E-state index >= 15 is 9.59 Å². The minimum absolute atomic E-state index is 0.0480. The highest BCUT2D eigenvalue weighted by Crippen LogP contribution is 2.50. The molecule has 19 heteroatoms. The summed E-state index contributed by atoms with van der Waals surface area (Å²) in [6.07, 6.45) is -21.3. The van der Waals surface area contributed by atoms with Gasteiger partial charge >= 0.3 is 30.7 Å². The van der Waals surface area contributed by atoms with E-state index in [4.69, 9.17) is 9.15 Å². The molecule has 456 valence electrons. The Bertz CT molecular complexity index is 5040. The van der Waals surface area contributed by atoms with Crippen molar-refractivity contribution in [3.63, 3.8) is 0 Å². The average Bonchev–Trinajstić information content (AvgIpc) is 0.694. The van der Waals surface area contributed by atoms with Crippen molar-refractivity contribution in [1.29, 1.82) is 0 Å². The van der Waals surface area contributed by atoms with Crippen LogP contribution in [0, 0.1) is 0 Å². The second-order valence-electron chi connectivity index (χ2n) is 21.8. The fraction of sp³-hybridized carbons (Fsp3) is 0.0685. The largest absolute Gasteiger partial charge is 0.455 e. The number of esters is 1. The summed E-state index contributed by atoms with van der Waals surface area (Å²) in [5, 5.41) is -2.15. The molecule has 0 spiro atoms. The summed E-state index contributed by atoms with van der Waals surface area (Å²) in [7, 11) is 0. The highest BCUT2D eigenvalue weighted by atomic mass is 19.4. The van der Waals surface area contributed by atoms with Crippen LogP contribution in [0.1, 0.15) is 38.2 Å². The molecule has 11 aromatic carbocycles. The molecule has 0 unspecified atom stereocenters. The third kappa shape index (κ3) is 11.1. The van der Waals surface area contributed by atoms with Crippen LogP contribution in [0.4, 0.5) is 52.7 Å². The van der Waals surface area contributed by atoms with Crippen LogP contribution in [0.3, 0.4) is 0 Å². The smallest absolute Gasteiger partial charge is 0.416 e. The molecule has 0 fully saturated rings. The summed E-state index contributed by atoms with van der Waals surface area (Å²) in [5.41, 5.74) is -7.16. The average molecular weight is 1250 g/mol. The molecule has 0 aliphatic carbocycles. The molecule has 7 nitrogen and oxygen atoms in total. The molecule has 0 bridgehead atoms. The van der Waals surface area contributed by atoms with Crippen LogP contribution in [0.2, 0.25) is 0 Å². The maximum atomic E-state index is 15.2. The normalized spacial score (nSPS) is 12.3. The van der Waals surface area contributed by atoms with Crippen molar-refractivity contribution in [3.05, 3.63) is 272 Å². The van der Waals surface area contributed by atoms with E-state index in [0.717, 1.165) is 40.7 Å². The number of para-hydroxylation sites is 1. The van der Waals surface area contributed by atoms with E-state index in [9.17, 15) is 62.3 Å². The molecule has 2 heterocycles. The Morgan fingerprint density at radius 2 is 0.837 bits per heavy atom. The first-order valence-electron chi connectivity index (χ1n) is 28.0. The summed E-state index contributed by atoms with van der Waals surface area (Å²) >= 11 is 0. The number of aldehydes is 1. The van der Waals surface area contributed by atoms with Crippen molar-refractivity contribution in [1.82, 2.24) is 4.57 Å². The first-order valence-corrected chi connectivity index (χ1v) is 28.0. The quantitative estimate of drug-likeness (QED) is 0.0320. The van der Waals surface area contributed by atoms with Crippen molar-refractivity contribution in [2.24, 2.45) is 0 Å². The standard InChI is InChI=1S/C73H39F12NO6/c74-70(75,76)48-28-46(29-49(32-48)71(77,78)79)57-36-59-65-60(37-58(67-66(65)64(57)54-19-7-8-20-62(54)92-67)47-30-50(72(80,81)82)33-51(31-47)73(83,84)85)69(90)86(68(59)89)52-23-21-39(22-24-52)25-63(88)91-53-34-55(44-17-9-15-42(26-44)40-11-3-1-4-12-40)61(38-87)56(35-53)45-18-10-16-43(27-45)41-13-5-2-6-14-41/h1-24,26-38H,25H2. The zero-order valence-electron chi connectivity index (χ0n) is 47.0. The van der Waals surface area contributed by atoms with E-state index in [1.165, 1.54) is 48.5 Å². The SMILES string of the molecule is O=Cc1c(-c2cccc(-c3ccccc3)c2)cc(OC(=O)Cc2ccc(-n3c(=O)c4cc(-c5cc(C(F)(F)F)cc(C(F)(F)F)c5)c5oc6ccccc6c6c(-c7cc(C(F)(F)F)cc(C(F)(F)F)c7)cc(c3=O)c4c56)cc2)cc1-c1cccc(-c2ccccc2)c1. The molecule has 13 rings (SSSR count). The molecule has 0 atom stereocenters. The number of halogens is 12. The summed E-state index contributed by atoms with van der Waals surface area (Å²) in [5.74, 6) is -0.772.